The van der Waals surface area contributed by atoms with E-state index in [0.717, 1.165) is 30.0 Å². The van der Waals surface area contributed by atoms with E-state index in [9.17, 15) is 27.2 Å². The molecule has 1 fully saturated rings. The number of rotatable bonds is 6. The molecule has 3 heterocycles. The number of carbonyl (C=O) groups excluding carboxylic acids is 1. The molecule has 1 aromatic heterocycles. The van der Waals surface area contributed by atoms with E-state index in [-0.39, 0.29) is 83.8 Å². The lowest BCUT2D eigenvalue weighted by molar-refractivity contribution is -0.137. The Morgan fingerprint density at radius 1 is 1.19 bits per heavy atom. The van der Waals surface area contributed by atoms with Crippen LogP contribution in [0.25, 0.3) is 22.0 Å². The summed E-state index contributed by atoms with van der Waals surface area (Å²) >= 11 is 1.16. The molecule has 13 heteroatoms. The van der Waals surface area contributed by atoms with Crippen molar-refractivity contribution in [2.75, 3.05) is 36.9 Å². The average Bonchev–Trinajstić information content (AvgIpc) is 3.13. The molecule has 0 spiro atoms. The predicted octanol–water partition coefficient (Wildman–Crippen LogP) is 4.28. The lowest BCUT2D eigenvalue weighted by Crippen LogP contribution is -2.58. The fraction of sp³-hybridized carbons (Fsp3) is 0.414. The Morgan fingerprint density at radius 2 is 1.86 bits per heavy atom. The second-order valence-corrected chi connectivity index (χ2v) is 11.5. The molecule has 0 saturated carbocycles. The van der Waals surface area contributed by atoms with Gasteiger partial charge < -0.3 is 20.3 Å². The first kappa shape index (κ1) is 30.1. The molecule has 5 rings (SSSR count). The molecule has 3 atom stereocenters. The van der Waals surface area contributed by atoms with Crippen LogP contribution in [-0.2, 0) is 22.3 Å². The summed E-state index contributed by atoms with van der Waals surface area (Å²) in [6.07, 6.45) is -4.06. The van der Waals surface area contributed by atoms with Gasteiger partial charge in [0.1, 0.15) is 11.6 Å². The van der Waals surface area contributed by atoms with Crippen molar-refractivity contribution in [3.63, 3.8) is 0 Å². The summed E-state index contributed by atoms with van der Waals surface area (Å²) in [5.74, 6) is -0.450. The van der Waals surface area contributed by atoms with Gasteiger partial charge in [0.2, 0.25) is 5.91 Å². The van der Waals surface area contributed by atoms with Gasteiger partial charge in [-0.15, -0.1) is 11.8 Å². The number of carbonyl (C=O) groups is 1. The molecule has 2 aromatic carbocycles. The van der Waals surface area contributed by atoms with Crippen LogP contribution in [0.5, 0.6) is 0 Å². The largest absolute Gasteiger partial charge is 0.417 e. The molecular weight excluding hydrogens is 574 g/mol. The lowest BCUT2D eigenvalue weighted by Gasteiger charge is -2.44. The summed E-state index contributed by atoms with van der Waals surface area (Å²) in [5.41, 5.74) is 4.42. The molecule has 8 nitrogen and oxygen atoms in total. The van der Waals surface area contributed by atoms with Crippen LogP contribution in [0.3, 0.4) is 0 Å². The Hall–Kier alpha value is -3.42. The molecular formula is C29H31F4N5O3S. The Bertz CT molecular complexity index is 1560. The van der Waals surface area contributed by atoms with Crippen molar-refractivity contribution < 1.29 is 27.1 Å². The van der Waals surface area contributed by atoms with Gasteiger partial charge in [-0.1, -0.05) is 18.7 Å². The summed E-state index contributed by atoms with van der Waals surface area (Å²) in [6.45, 7) is 8.26. The van der Waals surface area contributed by atoms with E-state index in [2.05, 4.69) is 11.6 Å². The summed E-state index contributed by atoms with van der Waals surface area (Å²) < 4.78 is 65.4. The maximum atomic E-state index is 14.8. The van der Waals surface area contributed by atoms with Gasteiger partial charge in [0.15, 0.2) is 0 Å². The Labute approximate surface area is 244 Å². The third kappa shape index (κ3) is 5.52. The van der Waals surface area contributed by atoms with E-state index >= 15 is 0 Å². The van der Waals surface area contributed by atoms with Crippen LogP contribution in [0, 0.1) is 5.82 Å². The van der Waals surface area contributed by atoms with Crippen LogP contribution in [0.4, 0.5) is 23.4 Å². The van der Waals surface area contributed by atoms with Crippen molar-refractivity contribution in [1.29, 1.82) is 0 Å². The van der Waals surface area contributed by atoms with Gasteiger partial charge in [0.25, 0.3) is 0 Å². The van der Waals surface area contributed by atoms with Crippen molar-refractivity contribution in [2.24, 2.45) is 5.73 Å². The van der Waals surface area contributed by atoms with Gasteiger partial charge in [-0.2, -0.15) is 18.2 Å². The Morgan fingerprint density at radius 3 is 2.45 bits per heavy atom. The van der Waals surface area contributed by atoms with Gasteiger partial charge in [-0.3, -0.25) is 9.36 Å². The molecule has 1 unspecified atom stereocenters. The molecule has 1 saturated heterocycles. The number of benzene rings is 2. The number of anilines is 1. The number of alkyl halides is 3. The summed E-state index contributed by atoms with van der Waals surface area (Å²) in [4.78, 5) is 34.1. The molecule has 0 radical (unpaired) electrons. The van der Waals surface area contributed by atoms with Crippen molar-refractivity contribution in [2.45, 2.75) is 49.7 Å². The zero-order valence-corrected chi connectivity index (χ0v) is 24.0. The van der Waals surface area contributed by atoms with Gasteiger partial charge in [0.05, 0.1) is 30.3 Å². The first-order valence-corrected chi connectivity index (χ1v) is 14.5. The van der Waals surface area contributed by atoms with E-state index in [1.807, 2.05) is 13.8 Å². The maximum Gasteiger partial charge on any atom is 0.417 e. The third-order valence-electron chi connectivity index (χ3n) is 7.56. The fourth-order valence-corrected chi connectivity index (χ4v) is 7.16. The lowest BCUT2D eigenvalue weighted by atomic mass is 9.96. The van der Waals surface area contributed by atoms with E-state index < -0.39 is 29.4 Å². The highest BCUT2D eigenvalue weighted by atomic mass is 32.2. The van der Waals surface area contributed by atoms with Gasteiger partial charge in [-0.05, 0) is 43.7 Å². The predicted molar refractivity (Wildman–Crippen MR) is 154 cm³/mol. The first-order chi connectivity index (χ1) is 19.9. The average molecular weight is 606 g/mol. The number of halogens is 4. The van der Waals surface area contributed by atoms with Crippen molar-refractivity contribution in [3.8, 4) is 11.1 Å². The minimum Gasteiger partial charge on any atom is -0.374 e. The van der Waals surface area contributed by atoms with E-state index in [1.165, 1.54) is 22.8 Å². The van der Waals surface area contributed by atoms with Gasteiger partial charge in [-0.25, -0.2) is 9.18 Å². The van der Waals surface area contributed by atoms with Crippen LogP contribution < -0.4 is 16.3 Å². The van der Waals surface area contributed by atoms with Gasteiger partial charge in [0, 0.05) is 53.3 Å². The second-order valence-electron chi connectivity index (χ2n) is 10.5. The Balaban J connectivity index is 1.79. The van der Waals surface area contributed by atoms with Gasteiger partial charge >= 0.3 is 11.9 Å². The van der Waals surface area contributed by atoms with Crippen LogP contribution in [0.1, 0.15) is 19.4 Å². The number of hydrogen-bond donors (Lipinski definition) is 1. The molecule has 2 N–H and O–H groups in total. The number of thioether (sulfide) groups is 1. The van der Waals surface area contributed by atoms with Crippen molar-refractivity contribution in [3.05, 3.63) is 64.9 Å². The number of ether oxygens (including phenoxy) is 1. The fourth-order valence-electron chi connectivity index (χ4n) is 5.87. The zero-order chi connectivity index (χ0) is 30.3. The molecule has 224 valence electrons. The summed E-state index contributed by atoms with van der Waals surface area (Å²) in [7, 11) is 0. The van der Waals surface area contributed by atoms with Crippen LogP contribution in [0.15, 0.2) is 52.7 Å². The zero-order valence-electron chi connectivity index (χ0n) is 23.2. The maximum absolute atomic E-state index is 14.8. The van der Waals surface area contributed by atoms with Crippen LogP contribution in [0.2, 0.25) is 0 Å². The number of hydrogen-bond acceptors (Lipinski definition) is 7. The second kappa shape index (κ2) is 11.7. The van der Waals surface area contributed by atoms with E-state index in [1.54, 1.807) is 9.80 Å². The van der Waals surface area contributed by atoms with E-state index in [4.69, 9.17) is 10.5 Å². The molecule has 2 aliphatic heterocycles. The SMILES string of the molecule is C=CC(=O)N1[C@H](C)CN(c2nc(=O)n3c4c(c(-c5ccc(F)cc5)c(C(F)(F)F)cc24)SCC(OCCN)C3)C[C@@H]1C. The monoisotopic (exact) mass is 605 g/mol. The number of aromatic nitrogens is 2. The highest BCUT2D eigenvalue weighted by Crippen LogP contribution is 2.48. The van der Waals surface area contributed by atoms with Crippen molar-refractivity contribution >= 4 is 34.4 Å². The number of amides is 1. The van der Waals surface area contributed by atoms with E-state index in [0.29, 0.717) is 5.52 Å². The topological polar surface area (TPSA) is 93.7 Å². The number of nitrogens with zero attached hydrogens (tertiary/aromatic N) is 4. The first-order valence-electron chi connectivity index (χ1n) is 13.5. The third-order valence-corrected chi connectivity index (χ3v) is 8.78. The van der Waals surface area contributed by atoms with Crippen molar-refractivity contribution in [1.82, 2.24) is 14.5 Å². The standard InChI is InChI=1S/C29H31F4N5O3S/c1-4-23(39)38-16(2)12-36(13-17(38)3)27-21-11-22(29(31,32)33)24(18-5-7-19(30)8-6-18)26-25(21)37(28(40)35-27)14-20(15-42-26)41-10-9-34/h4-8,11,16-17,20H,1,9-10,12-15,34H2,2-3H3/t16-,17+,20?. The number of nitrogens with two attached hydrogens (primary N) is 1. The smallest absolute Gasteiger partial charge is 0.374 e. The summed E-state index contributed by atoms with van der Waals surface area (Å²) in [6, 6.07) is 5.22. The molecule has 1 amide bonds. The highest BCUT2D eigenvalue weighted by Gasteiger charge is 2.39. The molecule has 0 aliphatic carbocycles. The molecule has 3 aromatic rings. The molecule has 42 heavy (non-hydrogen) atoms. The molecule has 2 aliphatic rings. The quantitative estimate of drug-likeness (QED) is 0.331. The Kier molecular flexibility index (Phi) is 8.37. The van der Waals surface area contributed by atoms with Crippen LogP contribution >= 0.6 is 11.8 Å². The minimum atomic E-state index is -4.77. The number of piperazine rings is 1. The summed E-state index contributed by atoms with van der Waals surface area (Å²) in [5, 5.41) is 0.164. The molecule has 0 bridgehead atoms. The normalized spacial score (nSPS) is 21.0. The van der Waals surface area contributed by atoms with Crippen LogP contribution in [-0.4, -0.2) is 70.5 Å². The highest BCUT2D eigenvalue weighted by molar-refractivity contribution is 7.99. The minimum absolute atomic E-state index is 0.0747.